The van der Waals surface area contributed by atoms with Gasteiger partial charge in [0.15, 0.2) is 0 Å². The largest absolute Gasteiger partial charge is 0.276 e. The van der Waals surface area contributed by atoms with Gasteiger partial charge in [-0.15, -0.1) is 0 Å². The molecule has 4 aliphatic heterocycles. The van der Waals surface area contributed by atoms with Gasteiger partial charge in [0.2, 0.25) is 0 Å². The zero-order valence-corrected chi connectivity index (χ0v) is 16.0. The van der Waals surface area contributed by atoms with E-state index in [-0.39, 0.29) is 11.1 Å². The Hall–Kier alpha value is -2.94. The number of hydrogen-bond donors (Lipinski definition) is 0. The van der Waals surface area contributed by atoms with Crippen LogP contribution in [0.15, 0.2) is 64.8 Å². The lowest BCUT2D eigenvalue weighted by Gasteiger charge is -2.60. The Bertz CT molecular complexity index is 935. The summed E-state index contributed by atoms with van der Waals surface area (Å²) in [7, 11) is 0. The van der Waals surface area contributed by atoms with Crippen LogP contribution in [0.2, 0.25) is 0 Å². The molecule has 0 radical (unpaired) electrons. The Morgan fingerprint density at radius 3 is 2.07 bits per heavy atom. The quantitative estimate of drug-likeness (QED) is 0.444. The highest BCUT2D eigenvalue weighted by Crippen LogP contribution is 2.38. The SMILES string of the molecule is O=[N+]([O-])c1ccc(/C=N/N=C(/c2ccccc2)C23CN4CN(CN(C4)C2)C3)cc1. The predicted octanol–water partition coefficient (Wildman–Crippen LogP) is 2.22. The van der Waals surface area contributed by atoms with Crippen molar-refractivity contribution in [3.8, 4) is 0 Å². The summed E-state index contributed by atoms with van der Waals surface area (Å²) in [6.07, 6.45) is 1.66. The molecule has 0 N–H and O–H groups in total. The van der Waals surface area contributed by atoms with Crippen molar-refractivity contribution in [3.05, 3.63) is 75.8 Å². The van der Waals surface area contributed by atoms with Gasteiger partial charge >= 0.3 is 0 Å². The first-order chi connectivity index (χ1) is 14.1. The van der Waals surface area contributed by atoms with E-state index in [9.17, 15) is 10.1 Å². The van der Waals surface area contributed by atoms with Crippen molar-refractivity contribution in [1.29, 1.82) is 0 Å². The number of nitrogens with zero attached hydrogens (tertiary/aromatic N) is 6. The molecule has 29 heavy (non-hydrogen) atoms. The minimum atomic E-state index is -0.403. The molecule has 0 aromatic heterocycles. The summed E-state index contributed by atoms with van der Waals surface area (Å²) < 4.78 is 0. The van der Waals surface area contributed by atoms with E-state index in [4.69, 9.17) is 5.10 Å². The van der Waals surface area contributed by atoms with Gasteiger partial charge in [0.05, 0.1) is 42.3 Å². The van der Waals surface area contributed by atoms with Gasteiger partial charge in [0, 0.05) is 31.8 Å². The third-order valence-corrected chi connectivity index (χ3v) is 5.80. The molecule has 0 atom stereocenters. The Morgan fingerprint density at radius 2 is 1.52 bits per heavy atom. The van der Waals surface area contributed by atoms with Crippen LogP contribution >= 0.6 is 0 Å². The Morgan fingerprint density at radius 1 is 0.931 bits per heavy atom. The molecular formula is C21H22N6O2. The number of rotatable bonds is 5. The van der Waals surface area contributed by atoms with Crippen molar-refractivity contribution in [2.45, 2.75) is 0 Å². The number of hydrogen-bond acceptors (Lipinski definition) is 7. The van der Waals surface area contributed by atoms with Crippen LogP contribution in [0.1, 0.15) is 11.1 Å². The summed E-state index contributed by atoms with van der Waals surface area (Å²) in [4.78, 5) is 17.8. The van der Waals surface area contributed by atoms with Crippen molar-refractivity contribution in [2.24, 2.45) is 15.6 Å². The molecule has 2 aromatic rings. The fraction of sp³-hybridized carbons (Fsp3) is 0.333. The zero-order valence-electron chi connectivity index (χ0n) is 16.0. The number of nitro groups is 1. The first-order valence-corrected chi connectivity index (χ1v) is 9.70. The average Bonchev–Trinajstić information content (AvgIpc) is 2.71. The molecule has 0 unspecified atom stereocenters. The molecule has 6 rings (SSSR count). The normalized spacial score (nSPS) is 30.8. The first kappa shape index (κ1) is 18.1. The van der Waals surface area contributed by atoms with E-state index in [0.29, 0.717) is 0 Å². The molecule has 148 valence electrons. The summed E-state index contributed by atoms with van der Waals surface area (Å²) in [5.41, 5.74) is 2.90. The maximum Gasteiger partial charge on any atom is 0.269 e. The van der Waals surface area contributed by atoms with Crippen molar-refractivity contribution < 1.29 is 4.92 Å². The van der Waals surface area contributed by atoms with Gasteiger partial charge in [-0.1, -0.05) is 30.3 Å². The average molecular weight is 390 g/mol. The molecule has 4 heterocycles. The monoisotopic (exact) mass is 390 g/mol. The van der Waals surface area contributed by atoms with Gasteiger partial charge in [-0.25, -0.2) is 0 Å². The van der Waals surface area contributed by atoms with Crippen LogP contribution in [-0.4, -0.2) is 71.2 Å². The molecule has 4 bridgehead atoms. The summed E-state index contributed by atoms with van der Waals surface area (Å²) in [6, 6.07) is 16.6. The van der Waals surface area contributed by atoms with Gasteiger partial charge in [-0.3, -0.25) is 24.8 Å². The summed E-state index contributed by atoms with van der Waals surface area (Å²) in [5, 5.41) is 19.9. The molecule has 2 aromatic carbocycles. The van der Waals surface area contributed by atoms with E-state index in [1.165, 1.54) is 12.1 Å². The Labute approximate surface area is 168 Å². The molecule has 8 heteroatoms. The summed E-state index contributed by atoms with van der Waals surface area (Å²) >= 11 is 0. The van der Waals surface area contributed by atoms with Crippen molar-refractivity contribution in [2.75, 3.05) is 39.6 Å². The van der Waals surface area contributed by atoms with Gasteiger partial charge < -0.3 is 0 Å². The zero-order chi connectivity index (χ0) is 19.8. The molecular weight excluding hydrogens is 368 g/mol. The predicted molar refractivity (Wildman–Crippen MR) is 111 cm³/mol. The van der Waals surface area contributed by atoms with Crippen LogP contribution < -0.4 is 0 Å². The molecule has 0 aliphatic carbocycles. The topological polar surface area (TPSA) is 77.6 Å². The highest BCUT2D eigenvalue weighted by molar-refractivity contribution is 6.05. The molecule has 4 aliphatic rings. The minimum Gasteiger partial charge on any atom is -0.276 e. The smallest absolute Gasteiger partial charge is 0.269 e. The first-order valence-electron chi connectivity index (χ1n) is 9.70. The van der Waals surface area contributed by atoms with Crippen molar-refractivity contribution in [1.82, 2.24) is 14.7 Å². The lowest BCUT2D eigenvalue weighted by atomic mass is 9.74. The van der Waals surface area contributed by atoms with Gasteiger partial charge in [-0.2, -0.15) is 10.2 Å². The fourth-order valence-corrected chi connectivity index (χ4v) is 4.84. The Balaban J connectivity index is 1.47. The van der Waals surface area contributed by atoms with Crippen LogP contribution in [0, 0.1) is 15.5 Å². The van der Waals surface area contributed by atoms with Gasteiger partial charge in [-0.05, 0) is 23.3 Å². The van der Waals surface area contributed by atoms with E-state index >= 15 is 0 Å². The second-order valence-corrected chi connectivity index (χ2v) is 8.10. The van der Waals surface area contributed by atoms with E-state index in [1.807, 2.05) is 18.2 Å². The Kier molecular flexibility index (Phi) is 4.46. The maximum absolute atomic E-state index is 10.8. The number of benzene rings is 2. The minimum absolute atomic E-state index is 0.0665. The van der Waals surface area contributed by atoms with Crippen LogP contribution in [0.3, 0.4) is 0 Å². The highest BCUT2D eigenvalue weighted by atomic mass is 16.6. The highest BCUT2D eigenvalue weighted by Gasteiger charge is 2.51. The van der Waals surface area contributed by atoms with E-state index in [1.54, 1.807) is 18.3 Å². The second-order valence-electron chi connectivity index (χ2n) is 8.10. The van der Waals surface area contributed by atoms with Crippen LogP contribution in [0.4, 0.5) is 5.69 Å². The van der Waals surface area contributed by atoms with Crippen molar-refractivity contribution >= 4 is 17.6 Å². The van der Waals surface area contributed by atoms with Crippen LogP contribution in [-0.2, 0) is 0 Å². The van der Waals surface area contributed by atoms with E-state index in [0.717, 1.165) is 56.5 Å². The van der Waals surface area contributed by atoms with Crippen LogP contribution in [0.25, 0.3) is 0 Å². The van der Waals surface area contributed by atoms with Crippen molar-refractivity contribution in [3.63, 3.8) is 0 Å². The van der Waals surface area contributed by atoms with E-state index in [2.05, 4.69) is 31.9 Å². The summed E-state index contributed by atoms with van der Waals surface area (Å²) in [5.74, 6) is 0. The molecule has 0 saturated carbocycles. The molecule has 0 spiro atoms. The number of non-ortho nitro benzene ring substituents is 1. The summed E-state index contributed by atoms with van der Waals surface area (Å²) in [6.45, 7) is 6.02. The molecule has 0 amide bonds. The van der Waals surface area contributed by atoms with Gasteiger partial charge in [0.1, 0.15) is 0 Å². The number of nitro benzene ring substituents is 1. The standard InChI is InChI=1S/C21H22N6O2/c28-27(29)19-8-6-17(7-9-19)10-22-23-20(18-4-2-1-3-5-18)21-11-24-14-25(12-21)16-26(13-21)15-24/h1-10H,11-16H2/b22-10+,23-20-. The van der Waals surface area contributed by atoms with E-state index < -0.39 is 4.92 Å². The van der Waals surface area contributed by atoms with Crippen LogP contribution in [0.5, 0.6) is 0 Å². The molecule has 4 fully saturated rings. The lowest BCUT2D eigenvalue weighted by Crippen LogP contribution is -2.74. The molecule has 4 saturated heterocycles. The third kappa shape index (κ3) is 3.46. The molecule has 8 nitrogen and oxygen atoms in total. The van der Waals surface area contributed by atoms with Gasteiger partial charge in [0.25, 0.3) is 5.69 Å². The third-order valence-electron chi connectivity index (χ3n) is 5.80. The second kappa shape index (κ2) is 7.14. The fourth-order valence-electron chi connectivity index (χ4n) is 4.84. The lowest BCUT2D eigenvalue weighted by molar-refractivity contribution is -0.384. The maximum atomic E-state index is 10.8.